The molecule has 0 aromatic heterocycles. The summed E-state index contributed by atoms with van der Waals surface area (Å²) in [5.74, 6) is -0.529. The Bertz CT molecular complexity index is 363. The summed E-state index contributed by atoms with van der Waals surface area (Å²) in [5.41, 5.74) is 11.3. The fourth-order valence-electron chi connectivity index (χ4n) is 1.10. The second kappa shape index (κ2) is 4.38. The van der Waals surface area contributed by atoms with Crippen LogP contribution in [0.2, 0.25) is 0 Å². The number of hydrogen-bond acceptors (Lipinski definition) is 3. The summed E-state index contributed by atoms with van der Waals surface area (Å²) >= 11 is 0. The van der Waals surface area contributed by atoms with Gasteiger partial charge in [-0.2, -0.15) is 0 Å². The van der Waals surface area contributed by atoms with Crippen molar-refractivity contribution in [2.24, 2.45) is 11.5 Å². The van der Waals surface area contributed by atoms with Crippen LogP contribution in [0.4, 0.5) is 4.79 Å². The van der Waals surface area contributed by atoms with Crippen molar-refractivity contribution in [2.75, 3.05) is 0 Å². The maximum atomic E-state index is 11.4. The summed E-state index contributed by atoms with van der Waals surface area (Å²) < 4.78 is 0. The molecule has 5 N–H and O–H groups in total. The van der Waals surface area contributed by atoms with Gasteiger partial charge in [0.2, 0.25) is 0 Å². The zero-order valence-corrected chi connectivity index (χ0v) is 7.49. The number of imide groups is 1. The van der Waals surface area contributed by atoms with Crippen LogP contribution in [0.25, 0.3) is 0 Å². The standard InChI is InChI=1S/C9H11N3O2/c10-5-6-3-1-2-4-7(6)8(13)12-9(11)14/h1-4H,5,10H2,(H3,11,12,13,14). The number of nitrogens with one attached hydrogen (secondary N) is 1. The highest BCUT2D eigenvalue weighted by atomic mass is 16.2. The molecular formula is C9H11N3O2. The molecule has 0 radical (unpaired) electrons. The Morgan fingerprint density at radius 3 is 2.50 bits per heavy atom. The van der Waals surface area contributed by atoms with E-state index in [2.05, 4.69) is 0 Å². The minimum absolute atomic E-state index is 0.238. The number of urea groups is 1. The van der Waals surface area contributed by atoms with Crippen LogP contribution >= 0.6 is 0 Å². The first-order valence-electron chi connectivity index (χ1n) is 4.04. The topological polar surface area (TPSA) is 98.2 Å². The number of primary amides is 1. The number of rotatable bonds is 2. The molecule has 0 atom stereocenters. The average Bonchev–Trinajstić information content (AvgIpc) is 2.16. The number of hydrogen-bond donors (Lipinski definition) is 3. The summed E-state index contributed by atoms with van der Waals surface area (Å²) in [7, 11) is 0. The number of carbonyl (C=O) groups excluding carboxylic acids is 2. The molecule has 0 aliphatic carbocycles. The number of nitrogens with two attached hydrogens (primary N) is 2. The van der Waals surface area contributed by atoms with Crippen molar-refractivity contribution in [1.82, 2.24) is 5.32 Å². The molecule has 0 spiro atoms. The third kappa shape index (κ3) is 2.30. The zero-order valence-electron chi connectivity index (χ0n) is 7.49. The summed E-state index contributed by atoms with van der Waals surface area (Å²) in [4.78, 5) is 21.8. The lowest BCUT2D eigenvalue weighted by atomic mass is 10.1. The van der Waals surface area contributed by atoms with Gasteiger partial charge in [-0.3, -0.25) is 10.1 Å². The molecule has 1 rings (SSSR count). The predicted molar refractivity (Wildman–Crippen MR) is 51.4 cm³/mol. The fraction of sp³-hybridized carbons (Fsp3) is 0.111. The largest absolute Gasteiger partial charge is 0.351 e. The summed E-state index contributed by atoms with van der Waals surface area (Å²) in [6.07, 6.45) is 0. The van der Waals surface area contributed by atoms with Gasteiger partial charge in [-0.1, -0.05) is 18.2 Å². The van der Waals surface area contributed by atoms with E-state index >= 15 is 0 Å². The van der Waals surface area contributed by atoms with Gasteiger partial charge in [0.25, 0.3) is 5.91 Å². The van der Waals surface area contributed by atoms with E-state index in [-0.39, 0.29) is 6.54 Å². The molecule has 5 nitrogen and oxygen atoms in total. The van der Waals surface area contributed by atoms with E-state index in [9.17, 15) is 9.59 Å². The van der Waals surface area contributed by atoms with Crippen LogP contribution < -0.4 is 16.8 Å². The van der Waals surface area contributed by atoms with E-state index in [1.54, 1.807) is 24.3 Å². The Hall–Kier alpha value is -1.88. The molecule has 0 fully saturated rings. The Labute approximate surface area is 81.1 Å². The van der Waals surface area contributed by atoms with Crippen LogP contribution in [-0.4, -0.2) is 11.9 Å². The number of carbonyl (C=O) groups is 2. The van der Waals surface area contributed by atoms with Crippen molar-refractivity contribution in [2.45, 2.75) is 6.54 Å². The first-order valence-corrected chi connectivity index (χ1v) is 4.04. The average molecular weight is 193 g/mol. The first kappa shape index (κ1) is 10.2. The Balaban J connectivity index is 2.94. The van der Waals surface area contributed by atoms with E-state index in [1.807, 2.05) is 5.32 Å². The van der Waals surface area contributed by atoms with Crippen molar-refractivity contribution in [3.05, 3.63) is 35.4 Å². The number of amides is 3. The van der Waals surface area contributed by atoms with Crippen LogP contribution in [0, 0.1) is 0 Å². The van der Waals surface area contributed by atoms with Gasteiger partial charge in [-0.25, -0.2) is 4.79 Å². The highest BCUT2D eigenvalue weighted by molar-refractivity contribution is 6.04. The summed E-state index contributed by atoms with van der Waals surface area (Å²) in [5, 5.41) is 1.98. The van der Waals surface area contributed by atoms with Gasteiger partial charge in [0.05, 0.1) is 0 Å². The molecule has 1 aromatic carbocycles. The molecule has 0 aliphatic rings. The molecule has 0 heterocycles. The quantitative estimate of drug-likeness (QED) is 0.614. The number of benzene rings is 1. The third-order valence-electron chi connectivity index (χ3n) is 1.72. The minimum atomic E-state index is -0.873. The molecule has 0 aliphatic heterocycles. The molecule has 1 aromatic rings. The molecule has 0 bridgehead atoms. The van der Waals surface area contributed by atoms with E-state index < -0.39 is 11.9 Å². The van der Waals surface area contributed by atoms with Gasteiger partial charge in [-0.15, -0.1) is 0 Å². The highest BCUT2D eigenvalue weighted by Gasteiger charge is 2.10. The second-order valence-electron chi connectivity index (χ2n) is 2.68. The van der Waals surface area contributed by atoms with Gasteiger partial charge < -0.3 is 11.5 Å². The Kier molecular flexibility index (Phi) is 3.19. The maximum absolute atomic E-state index is 11.4. The Morgan fingerprint density at radius 2 is 1.93 bits per heavy atom. The second-order valence-corrected chi connectivity index (χ2v) is 2.68. The van der Waals surface area contributed by atoms with E-state index in [4.69, 9.17) is 11.5 Å². The minimum Gasteiger partial charge on any atom is -0.351 e. The van der Waals surface area contributed by atoms with Gasteiger partial charge >= 0.3 is 6.03 Å². The normalized spacial score (nSPS) is 9.50. The molecular weight excluding hydrogens is 182 g/mol. The molecule has 0 saturated carbocycles. The van der Waals surface area contributed by atoms with E-state index in [0.29, 0.717) is 11.1 Å². The predicted octanol–water partition coefficient (Wildman–Crippen LogP) is -0.0462. The first-order chi connectivity index (χ1) is 6.65. The monoisotopic (exact) mass is 193 g/mol. The fourth-order valence-corrected chi connectivity index (χ4v) is 1.10. The molecule has 0 unspecified atom stereocenters. The lowest BCUT2D eigenvalue weighted by molar-refractivity contribution is 0.0965. The van der Waals surface area contributed by atoms with Crippen LogP contribution in [0.3, 0.4) is 0 Å². The van der Waals surface area contributed by atoms with Crippen molar-refractivity contribution in [1.29, 1.82) is 0 Å². The smallest absolute Gasteiger partial charge is 0.319 e. The van der Waals surface area contributed by atoms with Crippen molar-refractivity contribution < 1.29 is 9.59 Å². The van der Waals surface area contributed by atoms with Crippen molar-refractivity contribution in [3.8, 4) is 0 Å². The summed E-state index contributed by atoms with van der Waals surface area (Å²) in [6.45, 7) is 0.238. The SMILES string of the molecule is NCc1ccccc1C(=O)NC(N)=O. The summed E-state index contributed by atoms with van der Waals surface area (Å²) in [6, 6.07) is 5.89. The van der Waals surface area contributed by atoms with Crippen LogP contribution in [-0.2, 0) is 6.54 Å². The van der Waals surface area contributed by atoms with Crippen LogP contribution in [0.15, 0.2) is 24.3 Å². The lowest BCUT2D eigenvalue weighted by Crippen LogP contribution is -2.35. The maximum Gasteiger partial charge on any atom is 0.319 e. The molecule has 3 amide bonds. The van der Waals surface area contributed by atoms with Gasteiger partial charge in [0.15, 0.2) is 0 Å². The molecule has 0 saturated heterocycles. The van der Waals surface area contributed by atoms with Crippen molar-refractivity contribution >= 4 is 11.9 Å². The van der Waals surface area contributed by atoms with Gasteiger partial charge in [-0.05, 0) is 11.6 Å². The zero-order chi connectivity index (χ0) is 10.6. The third-order valence-corrected chi connectivity index (χ3v) is 1.72. The van der Waals surface area contributed by atoms with Gasteiger partial charge in [0, 0.05) is 12.1 Å². The van der Waals surface area contributed by atoms with Crippen molar-refractivity contribution in [3.63, 3.8) is 0 Å². The van der Waals surface area contributed by atoms with E-state index in [0.717, 1.165) is 0 Å². The highest BCUT2D eigenvalue weighted by Crippen LogP contribution is 2.07. The van der Waals surface area contributed by atoms with Crippen LogP contribution in [0.1, 0.15) is 15.9 Å². The molecule has 14 heavy (non-hydrogen) atoms. The Morgan fingerprint density at radius 1 is 1.29 bits per heavy atom. The van der Waals surface area contributed by atoms with Gasteiger partial charge in [0.1, 0.15) is 0 Å². The molecule has 5 heteroatoms. The van der Waals surface area contributed by atoms with Crippen LogP contribution in [0.5, 0.6) is 0 Å². The lowest BCUT2D eigenvalue weighted by Gasteiger charge is -2.05. The molecule has 74 valence electrons. The van der Waals surface area contributed by atoms with E-state index in [1.165, 1.54) is 0 Å².